The Morgan fingerprint density at radius 3 is 2.10 bits per heavy atom. The van der Waals surface area contributed by atoms with Gasteiger partial charge in [-0.3, -0.25) is 10.1 Å². The van der Waals surface area contributed by atoms with Gasteiger partial charge in [-0.25, -0.2) is 0 Å². The summed E-state index contributed by atoms with van der Waals surface area (Å²) in [5.41, 5.74) is -1.01. The van der Waals surface area contributed by atoms with Crippen LogP contribution in [0, 0.1) is 21.4 Å². The third-order valence-corrected chi connectivity index (χ3v) is 2.86. The van der Waals surface area contributed by atoms with Gasteiger partial charge < -0.3 is 0 Å². The number of benzene rings is 2. The second-order valence-electron chi connectivity index (χ2n) is 4.17. The van der Waals surface area contributed by atoms with E-state index < -0.39 is 22.2 Å². The van der Waals surface area contributed by atoms with Crippen molar-refractivity contribution in [2.24, 2.45) is 0 Å². The fourth-order valence-corrected chi connectivity index (χ4v) is 1.83. The highest BCUT2D eigenvalue weighted by Gasteiger charge is 2.33. The van der Waals surface area contributed by atoms with Crippen LogP contribution in [-0.2, 0) is 6.18 Å². The molecule has 0 unspecified atom stereocenters. The molecule has 0 bridgehead atoms. The Morgan fingerprint density at radius 1 is 1.05 bits per heavy atom. The van der Waals surface area contributed by atoms with E-state index in [2.05, 4.69) is 0 Å². The van der Waals surface area contributed by atoms with Gasteiger partial charge in [-0.15, -0.1) is 0 Å². The zero-order chi connectivity index (χ0) is 15.6. The van der Waals surface area contributed by atoms with Gasteiger partial charge in [-0.05, 0) is 35.4 Å². The highest BCUT2D eigenvalue weighted by Crippen LogP contribution is 2.35. The van der Waals surface area contributed by atoms with Crippen molar-refractivity contribution in [2.45, 2.75) is 6.18 Å². The molecule has 4 nitrogen and oxygen atoms in total. The minimum absolute atomic E-state index is 0.150. The van der Waals surface area contributed by atoms with Gasteiger partial charge in [0, 0.05) is 12.1 Å². The number of hydrogen-bond acceptors (Lipinski definition) is 3. The molecule has 2 aromatic carbocycles. The highest BCUT2D eigenvalue weighted by molar-refractivity contribution is 5.67. The molecule has 0 atom stereocenters. The van der Waals surface area contributed by atoms with Crippen LogP contribution in [0.15, 0.2) is 42.5 Å². The van der Waals surface area contributed by atoms with Gasteiger partial charge in [-0.2, -0.15) is 18.4 Å². The van der Waals surface area contributed by atoms with E-state index in [-0.39, 0.29) is 11.3 Å². The van der Waals surface area contributed by atoms with E-state index in [1.165, 1.54) is 36.4 Å². The van der Waals surface area contributed by atoms with E-state index in [4.69, 9.17) is 5.26 Å². The summed E-state index contributed by atoms with van der Waals surface area (Å²) >= 11 is 0. The van der Waals surface area contributed by atoms with E-state index in [0.717, 1.165) is 12.1 Å². The fraction of sp³-hybridized carbons (Fsp3) is 0.0714. The molecule has 2 rings (SSSR count). The van der Waals surface area contributed by atoms with Crippen LogP contribution >= 0.6 is 0 Å². The van der Waals surface area contributed by atoms with Gasteiger partial charge in [0.25, 0.3) is 5.69 Å². The lowest BCUT2D eigenvalue weighted by Gasteiger charge is -2.10. The second kappa shape index (κ2) is 5.25. The molecular weight excluding hydrogens is 285 g/mol. The van der Waals surface area contributed by atoms with Gasteiger partial charge >= 0.3 is 6.18 Å². The molecule has 0 N–H and O–H groups in total. The van der Waals surface area contributed by atoms with Crippen molar-refractivity contribution in [3.8, 4) is 17.2 Å². The lowest BCUT2D eigenvalue weighted by atomic mass is 9.99. The first-order valence-electron chi connectivity index (χ1n) is 5.69. The molecule has 0 aromatic heterocycles. The average molecular weight is 292 g/mol. The molecule has 106 valence electrons. The third kappa shape index (κ3) is 3.00. The smallest absolute Gasteiger partial charge is 0.258 e. The van der Waals surface area contributed by atoms with E-state index >= 15 is 0 Å². The van der Waals surface area contributed by atoms with Crippen LogP contribution in [0.4, 0.5) is 18.9 Å². The van der Waals surface area contributed by atoms with Gasteiger partial charge in [-0.1, -0.05) is 6.07 Å². The number of halogens is 3. The third-order valence-electron chi connectivity index (χ3n) is 2.86. The van der Waals surface area contributed by atoms with Crippen molar-refractivity contribution in [2.75, 3.05) is 0 Å². The predicted molar refractivity (Wildman–Crippen MR) is 68.2 cm³/mol. The number of nitrogens with zero attached hydrogens (tertiary/aromatic N) is 2. The van der Waals surface area contributed by atoms with E-state index in [0.29, 0.717) is 5.56 Å². The Hall–Kier alpha value is -2.88. The number of non-ortho nitro benzene ring substituents is 1. The summed E-state index contributed by atoms with van der Waals surface area (Å²) in [7, 11) is 0. The van der Waals surface area contributed by atoms with Gasteiger partial charge in [0.15, 0.2) is 0 Å². The zero-order valence-electron chi connectivity index (χ0n) is 10.4. The van der Waals surface area contributed by atoms with Crippen LogP contribution in [0.2, 0.25) is 0 Å². The first kappa shape index (κ1) is 14.5. The van der Waals surface area contributed by atoms with Crippen LogP contribution < -0.4 is 0 Å². The molecule has 0 saturated heterocycles. The first-order chi connectivity index (χ1) is 9.82. The highest BCUT2D eigenvalue weighted by atomic mass is 19.4. The summed E-state index contributed by atoms with van der Waals surface area (Å²) in [5.74, 6) is 0. The topological polar surface area (TPSA) is 66.9 Å². The minimum atomic E-state index is -4.64. The number of nitro benzene ring substituents is 1. The standard InChI is InChI=1S/C14H7F3N2O2/c15-14(16,17)13-7-10(1-2-11(13)8-18)9-3-5-12(6-4-9)19(20)21/h1-7H. The molecule has 21 heavy (non-hydrogen) atoms. The Balaban J connectivity index is 2.50. The lowest BCUT2D eigenvalue weighted by molar-refractivity contribution is -0.384. The molecule has 0 aliphatic carbocycles. The number of alkyl halides is 3. The van der Waals surface area contributed by atoms with Crippen molar-refractivity contribution in [1.82, 2.24) is 0 Å². The molecule has 0 spiro atoms. The average Bonchev–Trinajstić information content (AvgIpc) is 2.45. The normalized spacial score (nSPS) is 11.0. The summed E-state index contributed by atoms with van der Waals surface area (Å²) in [5, 5.41) is 19.3. The van der Waals surface area contributed by atoms with Crippen molar-refractivity contribution in [3.05, 3.63) is 63.7 Å². The quantitative estimate of drug-likeness (QED) is 0.616. The van der Waals surface area contributed by atoms with Gasteiger partial charge in [0.1, 0.15) is 0 Å². The maximum Gasteiger partial charge on any atom is 0.417 e. The van der Waals surface area contributed by atoms with Crippen molar-refractivity contribution in [1.29, 1.82) is 5.26 Å². The monoisotopic (exact) mass is 292 g/mol. The molecule has 0 amide bonds. The van der Waals surface area contributed by atoms with E-state index in [1.807, 2.05) is 0 Å². The van der Waals surface area contributed by atoms with Crippen molar-refractivity contribution < 1.29 is 18.1 Å². The number of nitro groups is 1. The molecule has 2 aromatic rings. The number of hydrogen-bond donors (Lipinski definition) is 0. The van der Waals surface area contributed by atoms with Crippen LogP contribution in [0.3, 0.4) is 0 Å². The number of rotatable bonds is 2. The molecule has 0 fully saturated rings. The molecule has 0 aliphatic rings. The van der Waals surface area contributed by atoms with Gasteiger partial charge in [0.05, 0.1) is 22.1 Å². The van der Waals surface area contributed by atoms with Crippen LogP contribution in [0.5, 0.6) is 0 Å². The minimum Gasteiger partial charge on any atom is -0.258 e. The Morgan fingerprint density at radius 2 is 1.62 bits per heavy atom. The van der Waals surface area contributed by atoms with Crippen molar-refractivity contribution >= 4 is 5.69 Å². The van der Waals surface area contributed by atoms with Crippen molar-refractivity contribution in [3.63, 3.8) is 0 Å². The summed E-state index contributed by atoms with van der Waals surface area (Å²) < 4.78 is 38.6. The molecule has 0 radical (unpaired) electrons. The lowest BCUT2D eigenvalue weighted by Crippen LogP contribution is -2.07. The predicted octanol–water partition coefficient (Wildman–Crippen LogP) is 4.15. The molecule has 7 heteroatoms. The van der Waals surface area contributed by atoms with E-state index in [9.17, 15) is 23.3 Å². The molecule has 0 heterocycles. The molecule has 0 aliphatic heterocycles. The summed E-state index contributed by atoms with van der Waals surface area (Å²) in [4.78, 5) is 9.95. The second-order valence-corrected chi connectivity index (χ2v) is 4.17. The van der Waals surface area contributed by atoms with Crippen LogP contribution in [-0.4, -0.2) is 4.92 Å². The van der Waals surface area contributed by atoms with Gasteiger partial charge in [0.2, 0.25) is 0 Å². The summed E-state index contributed by atoms with van der Waals surface area (Å²) in [6.07, 6.45) is -4.64. The zero-order valence-corrected chi connectivity index (χ0v) is 10.4. The SMILES string of the molecule is N#Cc1ccc(-c2ccc([N+](=O)[O-])cc2)cc1C(F)(F)F. The fourth-order valence-electron chi connectivity index (χ4n) is 1.83. The Kier molecular flexibility index (Phi) is 3.63. The maximum atomic E-state index is 12.9. The largest absolute Gasteiger partial charge is 0.417 e. The molecule has 0 saturated carbocycles. The van der Waals surface area contributed by atoms with E-state index in [1.54, 1.807) is 0 Å². The van der Waals surface area contributed by atoms with Crippen LogP contribution in [0.25, 0.3) is 11.1 Å². The summed E-state index contributed by atoms with van der Waals surface area (Å²) in [6, 6.07) is 9.95. The number of nitriles is 1. The first-order valence-corrected chi connectivity index (χ1v) is 5.69. The summed E-state index contributed by atoms with van der Waals surface area (Å²) in [6.45, 7) is 0. The molecular formula is C14H7F3N2O2. The Bertz CT molecular complexity index is 731. The Labute approximate surface area is 117 Å². The van der Waals surface area contributed by atoms with Crippen LogP contribution in [0.1, 0.15) is 11.1 Å². The maximum absolute atomic E-state index is 12.9.